The van der Waals surface area contributed by atoms with Gasteiger partial charge in [-0.3, -0.25) is 4.79 Å². The molecule has 2 aliphatic rings. The number of carbonyl (C=O) groups is 1. The summed E-state index contributed by atoms with van der Waals surface area (Å²) in [5, 5.41) is 13.9. The summed E-state index contributed by atoms with van der Waals surface area (Å²) in [5.74, 6) is -0.371. The highest BCUT2D eigenvalue weighted by molar-refractivity contribution is 5.92. The van der Waals surface area contributed by atoms with Gasteiger partial charge in [-0.25, -0.2) is 4.39 Å². The van der Waals surface area contributed by atoms with Gasteiger partial charge in [-0.05, 0) is 76.4 Å². The zero-order chi connectivity index (χ0) is 22.2. The van der Waals surface area contributed by atoms with Crippen molar-refractivity contribution in [3.8, 4) is 11.5 Å². The molecule has 1 aromatic carbocycles. The fraction of sp³-hybridized carbons (Fsp3) is 0.625. The number of aromatic nitrogens is 2. The number of halogens is 1. The Morgan fingerprint density at radius 1 is 1.06 bits per heavy atom. The second kappa shape index (κ2) is 11.4. The molecule has 2 aromatic rings. The maximum absolute atomic E-state index is 14.7. The molecule has 0 unspecified atom stereocenters. The molecule has 0 bridgehead atoms. The molecular weight excluding hydrogens is 409 g/mol. The lowest BCUT2D eigenvalue weighted by molar-refractivity contribution is -0.120. The van der Waals surface area contributed by atoms with Crippen molar-refractivity contribution in [2.24, 2.45) is 5.92 Å². The van der Waals surface area contributed by atoms with Crippen molar-refractivity contribution in [2.45, 2.75) is 64.2 Å². The summed E-state index contributed by atoms with van der Waals surface area (Å²) >= 11 is 0. The highest BCUT2D eigenvalue weighted by atomic mass is 19.1. The van der Waals surface area contributed by atoms with Crippen LogP contribution in [0.2, 0.25) is 0 Å². The lowest BCUT2D eigenvalue weighted by Crippen LogP contribution is -2.30. The van der Waals surface area contributed by atoms with E-state index < -0.39 is 5.82 Å². The van der Waals surface area contributed by atoms with E-state index in [0.29, 0.717) is 11.7 Å². The van der Waals surface area contributed by atoms with Crippen LogP contribution < -0.4 is 10.6 Å². The van der Waals surface area contributed by atoms with Gasteiger partial charge in [0.2, 0.25) is 5.91 Å². The second-order valence-electron chi connectivity index (χ2n) is 8.97. The van der Waals surface area contributed by atoms with Crippen LogP contribution in [0.3, 0.4) is 0 Å². The van der Waals surface area contributed by atoms with E-state index in [0.717, 1.165) is 51.6 Å². The highest BCUT2D eigenvalue weighted by Gasteiger charge is 2.22. The monoisotopic (exact) mass is 443 g/mol. The molecule has 1 amide bonds. The number of unbranched alkanes of at least 4 members (excludes halogenated alkanes) is 1. The van der Waals surface area contributed by atoms with Gasteiger partial charge in [0.25, 0.3) is 5.89 Å². The normalized spacial score (nSPS) is 17.9. The number of hydrogen-bond acceptors (Lipinski definition) is 6. The summed E-state index contributed by atoms with van der Waals surface area (Å²) in [4.78, 5) is 14.9. The molecule has 0 spiro atoms. The van der Waals surface area contributed by atoms with Crippen molar-refractivity contribution in [2.75, 3.05) is 36.8 Å². The zero-order valence-electron chi connectivity index (χ0n) is 18.7. The molecule has 1 saturated heterocycles. The molecule has 2 heterocycles. The average Bonchev–Trinajstić information content (AvgIpc) is 3.29. The number of piperidine rings is 1. The minimum Gasteiger partial charge on any atom is -0.403 e. The van der Waals surface area contributed by atoms with E-state index in [2.05, 4.69) is 25.7 Å². The summed E-state index contributed by atoms with van der Waals surface area (Å²) < 4.78 is 20.3. The van der Waals surface area contributed by atoms with Crippen molar-refractivity contribution in [1.29, 1.82) is 0 Å². The van der Waals surface area contributed by atoms with Gasteiger partial charge in [0, 0.05) is 18.2 Å². The first-order chi connectivity index (χ1) is 15.7. The van der Waals surface area contributed by atoms with Crippen LogP contribution in [0.4, 0.5) is 16.1 Å². The van der Waals surface area contributed by atoms with E-state index in [-0.39, 0.29) is 23.3 Å². The topological polar surface area (TPSA) is 83.3 Å². The van der Waals surface area contributed by atoms with Crippen molar-refractivity contribution < 1.29 is 13.6 Å². The molecular formula is C24H34FN5O2. The van der Waals surface area contributed by atoms with Crippen molar-refractivity contribution in [3.05, 3.63) is 24.0 Å². The van der Waals surface area contributed by atoms with Gasteiger partial charge in [0.1, 0.15) is 5.82 Å². The van der Waals surface area contributed by atoms with Crippen LogP contribution in [0, 0.1) is 11.7 Å². The van der Waals surface area contributed by atoms with Crippen molar-refractivity contribution >= 4 is 17.6 Å². The van der Waals surface area contributed by atoms with E-state index in [4.69, 9.17) is 4.42 Å². The Kier molecular flexibility index (Phi) is 8.09. The molecule has 0 atom stereocenters. The number of rotatable bonds is 9. The van der Waals surface area contributed by atoms with Crippen LogP contribution in [0.5, 0.6) is 0 Å². The molecule has 32 heavy (non-hydrogen) atoms. The zero-order valence-corrected chi connectivity index (χ0v) is 18.7. The van der Waals surface area contributed by atoms with Crippen molar-refractivity contribution in [3.63, 3.8) is 0 Å². The SMILES string of the molecule is O=C(Nc1ccc(-c2nnc(NCCCCN3CCCCC3)o2)c(F)c1)C1CCCCC1. The van der Waals surface area contributed by atoms with E-state index in [9.17, 15) is 9.18 Å². The van der Waals surface area contributed by atoms with Gasteiger partial charge in [-0.2, -0.15) is 0 Å². The molecule has 1 aromatic heterocycles. The van der Waals surface area contributed by atoms with Crippen molar-refractivity contribution in [1.82, 2.24) is 15.1 Å². The quantitative estimate of drug-likeness (QED) is 0.526. The third-order valence-corrected chi connectivity index (χ3v) is 6.49. The van der Waals surface area contributed by atoms with E-state index in [1.807, 2.05) is 0 Å². The summed E-state index contributed by atoms with van der Waals surface area (Å²) in [5.41, 5.74) is 0.680. The third-order valence-electron chi connectivity index (χ3n) is 6.49. The predicted octanol–water partition coefficient (Wildman–Crippen LogP) is 5.07. The average molecular weight is 444 g/mol. The van der Waals surface area contributed by atoms with Crippen LogP contribution in [0.25, 0.3) is 11.5 Å². The molecule has 1 saturated carbocycles. The third kappa shape index (κ3) is 6.28. The minimum atomic E-state index is -0.497. The molecule has 0 radical (unpaired) electrons. The minimum absolute atomic E-state index is 0.0240. The van der Waals surface area contributed by atoms with Gasteiger partial charge in [0.05, 0.1) is 5.56 Å². The van der Waals surface area contributed by atoms with Crippen LogP contribution >= 0.6 is 0 Å². The first-order valence-electron chi connectivity index (χ1n) is 12.1. The highest BCUT2D eigenvalue weighted by Crippen LogP contribution is 2.28. The van der Waals surface area contributed by atoms with Crippen LogP contribution in [-0.2, 0) is 4.79 Å². The lowest BCUT2D eigenvalue weighted by Gasteiger charge is -2.26. The van der Waals surface area contributed by atoms with Crippen LogP contribution in [0.1, 0.15) is 64.2 Å². The van der Waals surface area contributed by atoms with Gasteiger partial charge in [-0.1, -0.05) is 30.8 Å². The Morgan fingerprint density at radius 3 is 2.62 bits per heavy atom. The Bertz CT molecular complexity index is 875. The fourth-order valence-corrected chi connectivity index (χ4v) is 4.62. The van der Waals surface area contributed by atoms with Gasteiger partial charge in [-0.15, -0.1) is 5.10 Å². The van der Waals surface area contributed by atoms with Gasteiger partial charge >= 0.3 is 6.01 Å². The van der Waals surface area contributed by atoms with Crippen LogP contribution in [-0.4, -0.2) is 47.2 Å². The van der Waals surface area contributed by atoms with E-state index in [1.54, 1.807) is 12.1 Å². The Balaban J connectivity index is 1.24. The molecule has 174 valence electrons. The van der Waals surface area contributed by atoms with E-state index >= 15 is 0 Å². The maximum atomic E-state index is 14.7. The van der Waals surface area contributed by atoms with Crippen LogP contribution in [0.15, 0.2) is 22.6 Å². The number of carbonyl (C=O) groups excluding carboxylic acids is 1. The largest absolute Gasteiger partial charge is 0.403 e. The maximum Gasteiger partial charge on any atom is 0.315 e. The number of hydrogen-bond donors (Lipinski definition) is 2. The number of nitrogens with zero attached hydrogens (tertiary/aromatic N) is 3. The number of nitrogens with one attached hydrogen (secondary N) is 2. The molecule has 2 fully saturated rings. The Labute approximate surface area is 189 Å². The Morgan fingerprint density at radius 2 is 1.84 bits per heavy atom. The molecule has 7 nitrogen and oxygen atoms in total. The molecule has 2 N–H and O–H groups in total. The first kappa shape index (κ1) is 22.7. The number of anilines is 2. The summed E-state index contributed by atoms with van der Waals surface area (Å²) in [7, 11) is 0. The molecule has 8 heteroatoms. The lowest BCUT2D eigenvalue weighted by atomic mass is 9.88. The predicted molar refractivity (Wildman–Crippen MR) is 123 cm³/mol. The molecule has 1 aliphatic heterocycles. The molecule has 1 aliphatic carbocycles. The standard InChI is InChI=1S/C24H34FN5O2/c25-21-17-19(27-22(31)18-9-3-1-4-10-18)11-12-20(21)23-28-29-24(32-23)26-13-5-8-16-30-14-6-2-7-15-30/h11-12,17-18H,1-10,13-16H2,(H,26,29)(H,27,31). The number of likely N-dealkylation sites (tertiary alicyclic amines) is 1. The summed E-state index contributed by atoms with van der Waals surface area (Å²) in [6.45, 7) is 4.31. The van der Waals surface area contributed by atoms with Gasteiger partial charge in [0.15, 0.2) is 0 Å². The number of amides is 1. The molecule has 4 rings (SSSR count). The number of benzene rings is 1. The Hall–Kier alpha value is -2.48. The first-order valence-corrected chi connectivity index (χ1v) is 12.1. The summed E-state index contributed by atoms with van der Waals surface area (Å²) in [6.07, 6.45) is 11.3. The van der Waals surface area contributed by atoms with Gasteiger partial charge < -0.3 is 20.0 Å². The fourth-order valence-electron chi connectivity index (χ4n) is 4.62. The smallest absolute Gasteiger partial charge is 0.315 e. The van der Waals surface area contributed by atoms with E-state index in [1.165, 1.54) is 44.8 Å². The summed E-state index contributed by atoms with van der Waals surface area (Å²) in [6, 6.07) is 4.86. The second-order valence-corrected chi connectivity index (χ2v) is 8.97.